The molecule has 1 atom stereocenters. The molecular weight excluding hydrogens is 288 g/mol. The number of ether oxygens (including phenoxy) is 2. The lowest BCUT2D eigenvalue weighted by Gasteiger charge is -2.32. The minimum absolute atomic E-state index is 0.133. The first kappa shape index (κ1) is 16.0. The third-order valence-corrected chi connectivity index (χ3v) is 3.16. The average molecular weight is 306 g/mol. The van der Waals surface area contributed by atoms with Crippen molar-refractivity contribution in [1.82, 2.24) is 9.88 Å². The molecule has 0 spiro atoms. The Morgan fingerprint density at radius 1 is 1.59 bits per heavy atom. The van der Waals surface area contributed by atoms with Crippen LogP contribution < -0.4 is 4.74 Å². The number of nitrogens with zero attached hydrogens (tertiary/aromatic N) is 2. The molecule has 1 fully saturated rings. The number of carbonyl (C=O) groups is 2. The molecule has 22 heavy (non-hydrogen) atoms. The zero-order valence-electron chi connectivity index (χ0n) is 12.1. The second kappa shape index (κ2) is 7.56. The van der Waals surface area contributed by atoms with Gasteiger partial charge in [-0.05, 0) is 12.1 Å². The number of morpholine rings is 1. The predicted octanol–water partition coefficient (Wildman–Crippen LogP) is 0.962. The summed E-state index contributed by atoms with van der Waals surface area (Å²) in [7, 11) is 0. The van der Waals surface area contributed by atoms with Gasteiger partial charge in [0.05, 0.1) is 19.1 Å². The van der Waals surface area contributed by atoms with Crippen molar-refractivity contribution in [1.29, 1.82) is 0 Å². The topological polar surface area (TPSA) is 89.0 Å². The fourth-order valence-electron chi connectivity index (χ4n) is 2.19. The number of rotatable bonds is 6. The number of pyridine rings is 1. The van der Waals surface area contributed by atoms with Gasteiger partial charge < -0.3 is 19.5 Å². The molecule has 1 aromatic heterocycles. The number of amides is 1. The molecule has 1 N–H and O–H groups in total. The van der Waals surface area contributed by atoms with E-state index in [4.69, 9.17) is 14.6 Å². The fraction of sp³-hybridized carbons (Fsp3) is 0.400. The number of carbonyl (C=O) groups excluding carboxylic acids is 1. The first-order chi connectivity index (χ1) is 10.6. The monoisotopic (exact) mass is 306 g/mol. The Labute approximate surface area is 128 Å². The van der Waals surface area contributed by atoms with E-state index in [-0.39, 0.29) is 31.2 Å². The van der Waals surface area contributed by atoms with E-state index in [1.807, 2.05) is 0 Å². The maximum atomic E-state index is 12.6. The number of hydrogen-bond donors (Lipinski definition) is 1. The molecule has 2 heterocycles. The van der Waals surface area contributed by atoms with Crippen LogP contribution in [0.5, 0.6) is 5.75 Å². The van der Waals surface area contributed by atoms with E-state index < -0.39 is 12.1 Å². The summed E-state index contributed by atoms with van der Waals surface area (Å²) in [6.45, 7) is 4.76. The molecule has 1 aliphatic rings. The molecule has 1 aromatic rings. The van der Waals surface area contributed by atoms with Crippen LogP contribution in [0.4, 0.5) is 0 Å². The van der Waals surface area contributed by atoms with Gasteiger partial charge in [0.1, 0.15) is 6.61 Å². The van der Waals surface area contributed by atoms with Gasteiger partial charge in [-0.1, -0.05) is 12.7 Å². The van der Waals surface area contributed by atoms with Gasteiger partial charge in [0.25, 0.3) is 5.91 Å². The van der Waals surface area contributed by atoms with Gasteiger partial charge in [0.2, 0.25) is 0 Å². The van der Waals surface area contributed by atoms with Crippen molar-refractivity contribution in [2.45, 2.75) is 12.5 Å². The highest BCUT2D eigenvalue weighted by Gasteiger charge is 2.28. The molecular formula is C15H18N2O5. The van der Waals surface area contributed by atoms with Crippen LogP contribution >= 0.6 is 0 Å². The van der Waals surface area contributed by atoms with Gasteiger partial charge in [-0.15, -0.1) is 0 Å². The quantitative estimate of drug-likeness (QED) is 0.788. The Bertz CT molecular complexity index is 561. The van der Waals surface area contributed by atoms with Gasteiger partial charge in [0, 0.05) is 19.3 Å². The molecule has 0 radical (unpaired) electrons. The highest BCUT2D eigenvalue weighted by Crippen LogP contribution is 2.19. The molecule has 1 unspecified atom stereocenters. The van der Waals surface area contributed by atoms with E-state index in [0.29, 0.717) is 18.9 Å². The summed E-state index contributed by atoms with van der Waals surface area (Å²) in [5.41, 5.74) is 0.209. The van der Waals surface area contributed by atoms with Crippen molar-refractivity contribution >= 4 is 11.9 Å². The summed E-state index contributed by atoms with van der Waals surface area (Å²) >= 11 is 0. The van der Waals surface area contributed by atoms with Crippen LogP contribution in [0.15, 0.2) is 31.0 Å². The zero-order valence-corrected chi connectivity index (χ0v) is 12.1. The van der Waals surface area contributed by atoms with Crippen molar-refractivity contribution < 1.29 is 24.2 Å². The standard InChI is InChI=1S/C15H18N2O5/c1-2-7-22-12-4-3-5-16-14(12)15(20)17-6-8-21-11(10-17)9-13(18)19/h2-5,11H,1,6-10H2,(H,18,19). The second-order valence-corrected chi connectivity index (χ2v) is 4.79. The fourth-order valence-corrected chi connectivity index (χ4v) is 2.19. The normalized spacial score (nSPS) is 17.8. The molecule has 7 heteroatoms. The highest BCUT2D eigenvalue weighted by molar-refractivity contribution is 5.95. The molecule has 0 saturated carbocycles. The first-order valence-corrected chi connectivity index (χ1v) is 6.93. The van der Waals surface area contributed by atoms with E-state index in [9.17, 15) is 9.59 Å². The van der Waals surface area contributed by atoms with Gasteiger partial charge in [0.15, 0.2) is 11.4 Å². The zero-order chi connectivity index (χ0) is 15.9. The van der Waals surface area contributed by atoms with Crippen molar-refractivity contribution in [3.8, 4) is 5.75 Å². The highest BCUT2D eigenvalue weighted by atomic mass is 16.5. The molecule has 1 aliphatic heterocycles. The molecule has 0 bridgehead atoms. The van der Waals surface area contributed by atoms with Crippen LogP contribution in [0.3, 0.4) is 0 Å². The van der Waals surface area contributed by atoms with Gasteiger partial charge in [-0.25, -0.2) is 4.98 Å². The van der Waals surface area contributed by atoms with Gasteiger partial charge in [-0.2, -0.15) is 0 Å². The van der Waals surface area contributed by atoms with Crippen LogP contribution in [-0.2, 0) is 9.53 Å². The van der Waals surface area contributed by atoms with E-state index in [1.165, 1.54) is 6.20 Å². The summed E-state index contributed by atoms with van der Waals surface area (Å²) in [6, 6.07) is 3.35. The van der Waals surface area contributed by atoms with E-state index in [1.54, 1.807) is 23.1 Å². The van der Waals surface area contributed by atoms with Gasteiger partial charge >= 0.3 is 5.97 Å². The lowest BCUT2D eigenvalue weighted by Crippen LogP contribution is -2.46. The van der Waals surface area contributed by atoms with Crippen LogP contribution in [0.1, 0.15) is 16.9 Å². The second-order valence-electron chi connectivity index (χ2n) is 4.79. The molecule has 2 rings (SSSR count). The number of carboxylic acids is 1. The van der Waals surface area contributed by atoms with Crippen LogP contribution in [-0.4, -0.2) is 59.3 Å². The first-order valence-electron chi connectivity index (χ1n) is 6.93. The van der Waals surface area contributed by atoms with E-state index >= 15 is 0 Å². The number of aliphatic carboxylic acids is 1. The molecule has 0 aliphatic carbocycles. The molecule has 0 aromatic carbocycles. The molecule has 1 amide bonds. The van der Waals surface area contributed by atoms with E-state index in [2.05, 4.69) is 11.6 Å². The van der Waals surface area contributed by atoms with Crippen molar-refractivity contribution in [2.75, 3.05) is 26.3 Å². The Balaban J connectivity index is 2.10. The van der Waals surface area contributed by atoms with Crippen molar-refractivity contribution in [3.63, 3.8) is 0 Å². The SMILES string of the molecule is C=CCOc1cccnc1C(=O)N1CCOC(CC(=O)O)C1. The summed E-state index contributed by atoms with van der Waals surface area (Å²) < 4.78 is 10.8. The number of carboxylic acid groups (broad SMARTS) is 1. The van der Waals surface area contributed by atoms with Crippen LogP contribution in [0.2, 0.25) is 0 Å². The van der Waals surface area contributed by atoms with Crippen molar-refractivity contribution in [2.24, 2.45) is 0 Å². The summed E-state index contributed by atoms with van der Waals surface area (Å²) in [4.78, 5) is 29.0. The lowest BCUT2D eigenvalue weighted by molar-refractivity contribution is -0.141. The lowest BCUT2D eigenvalue weighted by atomic mass is 10.2. The minimum Gasteiger partial charge on any atom is -0.487 e. The summed E-state index contributed by atoms with van der Waals surface area (Å²) in [5.74, 6) is -0.862. The number of hydrogen-bond acceptors (Lipinski definition) is 5. The van der Waals surface area contributed by atoms with Crippen molar-refractivity contribution in [3.05, 3.63) is 36.7 Å². The molecule has 1 saturated heterocycles. The third kappa shape index (κ3) is 4.05. The molecule has 118 valence electrons. The van der Waals surface area contributed by atoms with Gasteiger partial charge in [-0.3, -0.25) is 9.59 Å². The Morgan fingerprint density at radius 2 is 2.41 bits per heavy atom. The Kier molecular flexibility index (Phi) is 5.48. The largest absolute Gasteiger partial charge is 0.487 e. The average Bonchev–Trinajstić information content (AvgIpc) is 2.52. The number of aromatic nitrogens is 1. The Hall–Kier alpha value is -2.41. The minimum atomic E-state index is -0.952. The summed E-state index contributed by atoms with van der Waals surface area (Å²) in [5, 5.41) is 8.82. The Morgan fingerprint density at radius 3 is 3.14 bits per heavy atom. The summed E-state index contributed by atoms with van der Waals surface area (Å²) in [6.07, 6.45) is 2.46. The predicted molar refractivity (Wildman–Crippen MR) is 77.8 cm³/mol. The maximum absolute atomic E-state index is 12.6. The third-order valence-electron chi connectivity index (χ3n) is 3.16. The smallest absolute Gasteiger partial charge is 0.306 e. The molecule has 7 nitrogen and oxygen atoms in total. The maximum Gasteiger partial charge on any atom is 0.306 e. The van der Waals surface area contributed by atoms with E-state index in [0.717, 1.165) is 0 Å². The van der Waals surface area contributed by atoms with Crippen LogP contribution in [0, 0.1) is 0 Å². The van der Waals surface area contributed by atoms with Crippen LogP contribution in [0.25, 0.3) is 0 Å².